The summed E-state index contributed by atoms with van der Waals surface area (Å²) < 4.78 is 5.16. The molecule has 1 aromatic heterocycles. The highest BCUT2D eigenvalue weighted by atomic mass is 16.3. The molecule has 1 saturated heterocycles. The number of likely N-dealkylation sites (tertiary alicyclic amines) is 1. The van der Waals surface area contributed by atoms with Crippen LogP contribution in [0.5, 0.6) is 0 Å². The first-order valence-electron chi connectivity index (χ1n) is 5.82. The SMILES string of the molecule is CCCN1C(=O)CC(NCc2ccco2)C1=O. The van der Waals surface area contributed by atoms with E-state index >= 15 is 0 Å². The van der Waals surface area contributed by atoms with Crippen molar-refractivity contribution in [1.82, 2.24) is 10.2 Å². The van der Waals surface area contributed by atoms with Gasteiger partial charge in [0.15, 0.2) is 0 Å². The average molecular weight is 236 g/mol. The van der Waals surface area contributed by atoms with Gasteiger partial charge in [0.25, 0.3) is 0 Å². The molecule has 1 N–H and O–H groups in total. The number of hydrogen-bond donors (Lipinski definition) is 1. The van der Waals surface area contributed by atoms with Crippen molar-refractivity contribution in [3.05, 3.63) is 24.2 Å². The molecular formula is C12H16N2O3. The molecule has 0 spiro atoms. The first-order valence-corrected chi connectivity index (χ1v) is 5.82. The lowest BCUT2D eigenvalue weighted by molar-refractivity contribution is -0.138. The van der Waals surface area contributed by atoms with Gasteiger partial charge in [-0.05, 0) is 18.6 Å². The summed E-state index contributed by atoms with van der Waals surface area (Å²) in [4.78, 5) is 24.8. The number of nitrogens with one attached hydrogen (secondary N) is 1. The zero-order valence-corrected chi connectivity index (χ0v) is 9.81. The number of nitrogens with zero attached hydrogens (tertiary/aromatic N) is 1. The molecule has 0 bridgehead atoms. The summed E-state index contributed by atoms with van der Waals surface area (Å²) in [6.07, 6.45) is 2.63. The van der Waals surface area contributed by atoms with Crippen LogP contribution in [0.2, 0.25) is 0 Å². The molecule has 1 aliphatic heterocycles. The smallest absolute Gasteiger partial charge is 0.246 e. The predicted octanol–water partition coefficient (Wildman–Crippen LogP) is 0.907. The number of carbonyl (C=O) groups is 2. The average Bonchev–Trinajstić information content (AvgIpc) is 2.90. The zero-order chi connectivity index (χ0) is 12.3. The topological polar surface area (TPSA) is 62.6 Å². The molecule has 1 aliphatic rings. The van der Waals surface area contributed by atoms with Crippen LogP contribution < -0.4 is 5.32 Å². The highest BCUT2D eigenvalue weighted by Crippen LogP contribution is 2.14. The van der Waals surface area contributed by atoms with E-state index in [1.54, 1.807) is 12.3 Å². The van der Waals surface area contributed by atoms with Crippen molar-refractivity contribution in [2.45, 2.75) is 32.4 Å². The number of amides is 2. The van der Waals surface area contributed by atoms with Gasteiger partial charge in [-0.1, -0.05) is 6.92 Å². The maximum Gasteiger partial charge on any atom is 0.246 e. The van der Waals surface area contributed by atoms with E-state index in [2.05, 4.69) is 5.32 Å². The molecular weight excluding hydrogens is 220 g/mol. The van der Waals surface area contributed by atoms with Crippen LogP contribution in [0.3, 0.4) is 0 Å². The minimum Gasteiger partial charge on any atom is -0.468 e. The molecule has 92 valence electrons. The van der Waals surface area contributed by atoms with Crippen molar-refractivity contribution in [1.29, 1.82) is 0 Å². The lowest BCUT2D eigenvalue weighted by atomic mass is 10.2. The van der Waals surface area contributed by atoms with Gasteiger partial charge in [0.1, 0.15) is 5.76 Å². The van der Waals surface area contributed by atoms with E-state index in [0.29, 0.717) is 13.1 Å². The van der Waals surface area contributed by atoms with Crippen LogP contribution in [-0.4, -0.2) is 29.3 Å². The van der Waals surface area contributed by atoms with Crippen LogP contribution in [0.15, 0.2) is 22.8 Å². The molecule has 17 heavy (non-hydrogen) atoms. The second-order valence-corrected chi connectivity index (χ2v) is 4.10. The van der Waals surface area contributed by atoms with E-state index in [9.17, 15) is 9.59 Å². The molecule has 0 saturated carbocycles. The quantitative estimate of drug-likeness (QED) is 0.772. The van der Waals surface area contributed by atoms with Gasteiger partial charge in [0.05, 0.1) is 25.3 Å². The first-order chi connectivity index (χ1) is 8.22. The summed E-state index contributed by atoms with van der Waals surface area (Å²) >= 11 is 0. The van der Waals surface area contributed by atoms with E-state index in [1.807, 2.05) is 13.0 Å². The Hall–Kier alpha value is -1.62. The second kappa shape index (κ2) is 5.14. The molecule has 1 fully saturated rings. The zero-order valence-electron chi connectivity index (χ0n) is 9.81. The van der Waals surface area contributed by atoms with Crippen molar-refractivity contribution in [2.75, 3.05) is 6.54 Å². The highest BCUT2D eigenvalue weighted by molar-refractivity contribution is 6.05. The molecule has 0 aromatic carbocycles. The number of imide groups is 1. The van der Waals surface area contributed by atoms with Crippen LogP contribution in [0, 0.1) is 0 Å². The Bertz CT molecular complexity index is 400. The lowest BCUT2D eigenvalue weighted by Crippen LogP contribution is -2.38. The Morgan fingerprint density at radius 3 is 3.00 bits per heavy atom. The molecule has 2 amide bonds. The second-order valence-electron chi connectivity index (χ2n) is 4.10. The fourth-order valence-electron chi connectivity index (χ4n) is 1.94. The summed E-state index contributed by atoms with van der Waals surface area (Å²) in [6, 6.07) is 3.22. The third-order valence-corrected chi connectivity index (χ3v) is 2.79. The van der Waals surface area contributed by atoms with Crippen LogP contribution in [0.4, 0.5) is 0 Å². The minimum atomic E-state index is -0.404. The Balaban J connectivity index is 1.90. The van der Waals surface area contributed by atoms with Gasteiger partial charge in [0.2, 0.25) is 11.8 Å². The van der Waals surface area contributed by atoms with E-state index in [0.717, 1.165) is 12.2 Å². The van der Waals surface area contributed by atoms with E-state index in [-0.39, 0.29) is 18.2 Å². The Morgan fingerprint density at radius 1 is 1.53 bits per heavy atom. The van der Waals surface area contributed by atoms with Gasteiger partial charge in [-0.3, -0.25) is 19.8 Å². The number of carbonyl (C=O) groups excluding carboxylic acids is 2. The van der Waals surface area contributed by atoms with E-state index < -0.39 is 6.04 Å². The maximum atomic E-state index is 11.9. The fraction of sp³-hybridized carbons (Fsp3) is 0.500. The molecule has 5 nitrogen and oxygen atoms in total. The summed E-state index contributed by atoms with van der Waals surface area (Å²) in [6.45, 7) is 2.93. The van der Waals surface area contributed by atoms with Gasteiger partial charge in [0, 0.05) is 6.54 Å². The monoisotopic (exact) mass is 236 g/mol. The predicted molar refractivity (Wildman–Crippen MR) is 61.0 cm³/mol. The van der Waals surface area contributed by atoms with Crippen LogP contribution in [0.1, 0.15) is 25.5 Å². The highest BCUT2D eigenvalue weighted by Gasteiger charge is 2.37. The number of furan rings is 1. The minimum absolute atomic E-state index is 0.0891. The summed E-state index contributed by atoms with van der Waals surface area (Å²) in [5.41, 5.74) is 0. The summed E-state index contributed by atoms with van der Waals surface area (Å²) in [5.74, 6) is 0.552. The van der Waals surface area contributed by atoms with E-state index in [4.69, 9.17) is 4.42 Å². The van der Waals surface area contributed by atoms with Gasteiger partial charge >= 0.3 is 0 Å². The molecule has 2 heterocycles. The van der Waals surface area contributed by atoms with Crippen molar-refractivity contribution in [2.24, 2.45) is 0 Å². The first kappa shape index (κ1) is 11.9. The number of rotatable bonds is 5. The third kappa shape index (κ3) is 2.55. The van der Waals surface area contributed by atoms with Crippen LogP contribution in [0.25, 0.3) is 0 Å². The molecule has 1 unspecified atom stereocenters. The van der Waals surface area contributed by atoms with Crippen molar-refractivity contribution in [3.63, 3.8) is 0 Å². The Kier molecular flexibility index (Phi) is 3.58. The molecule has 1 aromatic rings. The summed E-state index contributed by atoms with van der Waals surface area (Å²) in [7, 11) is 0. The molecule has 1 atom stereocenters. The molecule has 5 heteroatoms. The van der Waals surface area contributed by atoms with Crippen LogP contribution >= 0.6 is 0 Å². The largest absolute Gasteiger partial charge is 0.468 e. The Labute approximate surface area is 99.8 Å². The van der Waals surface area contributed by atoms with Crippen molar-refractivity contribution >= 4 is 11.8 Å². The number of hydrogen-bond acceptors (Lipinski definition) is 4. The molecule has 0 aliphatic carbocycles. The van der Waals surface area contributed by atoms with Gasteiger partial charge < -0.3 is 4.42 Å². The Morgan fingerprint density at radius 2 is 2.35 bits per heavy atom. The summed E-state index contributed by atoms with van der Waals surface area (Å²) in [5, 5.41) is 3.05. The molecule has 0 radical (unpaired) electrons. The van der Waals surface area contributed by atoms with E-state index in [1.165, 1.54) is 4.90 Å². The van der Waals surface area contributed by atoms with Gasteiger partial charge in [-0.2, -0.15) is 0 Å². The van der Waals surface area contributed by atoms with Gasteiger partial charge in [-0.25, -0.2) is 0 Å². The van der Waals surface area contributed by atoms with Crippen molar-refractivity contribution < 1.29 is 14.0 Å². The molecule has 2 rings (SSSR count). The van der Waals surface area contributed by atoms with Crippen LogP contribution in [-0.2, 0) is 16.1 Å². The third-order valence-electron chi connectivity index (χ3n) is 2.79. The van der Waals surface area contributed by atoms with Crippen molar-refractivity contribution in [3.8, 4) is 0 Å². The standard InChI is InChI=1S/C12H16N2O3/c1-2-5-14-11(15)7-10(12(14)16)13-8-9-4-3-6-17-9/h3-4,6,10,13H,2,5,7-8H2,1H3. The normalized spacial score (nSPS) is 20.3. The maximum absolute atomic E-state index is 11.9. The fourth-order valence-corrected chi connectivity index (χ4v) is 1.94. The lowest BCUT2D eigenvalue weighted by Gasteiger charge is -2.13. The van der Waals surface area contributed by atoms with Gasteiger partial charge in [-0.15, -0.1) is 0 Å².